The largest absolute Gasteiger partial charge is 0.444 e. The highest BCUT2D eigenvalue weighted by Gasteiger charge is 2.28. The lowest BCUT2D eigenvalue weighted by Gasteiger charge is -2.25. The first-order valence-electron chi connectivity index (χ1n) is 8.55. The van der Waals surface area contributed by atoms with Crippen molar-refractivity contribution in [1.29, 1.82) is 0 Å². The zero-order valence-corrected chi connectivity index (χ0v) is 14.8. The van der Waals surface area contributed by atoms with Gasteiger partial charge in [-0.25, -0.2) is 4.79 Å². The van der Waals surface area contributed by atoms with Crippen LogP contribution in [0.1, 0.15) is 60.3 Å². The van der Waals surface area contributed by atoms with Crippen LogP contribution < -0.4 is 10.6 Å². The zero-order chi connectivity index (χ0) is 16.8. The Morgan fingerprint density at radius 3 is 2.59 bits per heavy atom. The lowest BCUT2D eigenvalue weighted by atomic mass is 10.0. The standard InChI is InChI=1S/C17H34N2O3/c1-12(2)9-14(20)11-18-15-8-6-7-13(15)10-19-16(21)22-17(3,4)5/h12-15,18,20H,6-11H2,1-5H3,(H,19,21). The molecule has 1 fully saturated rings. The van der Waals surface area contributed by atoms with Crippen molar-refractivity contribution in [3.8, 4) is 0 Å². The van der Waals surface area contributed by atoms with Crippen LogP contribution in [-0.4, -0.2) is 42.0 Å². The Morgan fingerprint density at radius 2 is 2.00 bits per heavy atom. The third kappa shape index (κ3) is 7.99. The normalized spacial score (nSPS) is 23.6. The van der Waals surface area contributed by atoms with E-state index in [0.29, 0.717) is 31.0 Å². The number of hydrogen-bond donors (Lipinski definition) is 3. The number of hydrogen-bond acceptors (Lipinski definition) is 4. The second-order valence-electron chi connectivity index (χ2n) is 7.87. The predicted octanol–water partition coefficient (Wildman–Crippen LogP) is 2.68. The zero-order valence-electron chi connectivity index (χ0n) is 14.8. The Bertz CT molecular complexity index is 339. The first-order valence-corrected chi connectivity index (χ1v) is 8.55. The summed E-state index contributed by atoms with van der Waals surface area (Å²) in [5.74, 6) is 0.920. The second-order valence-corrected chi connectivity index (χ2v) is 7.87. The van der Waals surface area contributed by atoms with Crippen LogP contribution in [0.25, 0.3) is 0 Å². The molecule has 130 valence electrons. The van der Waals surface area contributed by atoms with Gasteiger partial charge in [0.05, 0.1) is 6.10 Å². The van der Waals surface area contributed by atoms with E-state index in [2.05, 4.69) is 24.5 Å². The summed E-state index contributed by atoms with van der Waals surface area (Å²) >= 11 is 0. The lowest BCUT2D eigenvalue weighted by Crippen LogP contribution is -2.43. The minimum Gasteiger partial charge on any atom is -0.444 e. The van der Waals surface area contributed by atoms with Crippen LogP contribution in [0.5, 0.6) is 0 Å². The summed E-state index contributed by atoms with van der Waals surface area (Å²) in [6, 6.07) is 0.372. The van der Waals surface area contributed by atoms with Crippen LogP contribution in [0.2, 0.25) is 0 Å². The summed E-state index contributed by atoms with van der Waals surface area (Å²) in [5, 5.41) is 16.3. The number of amides is 1. The fourth-order valence-corrected chi connectivity index (χ4v) is 2.99. The highest BCUT2D eigenvalue weighted by Crippen LogP contribution is 2.25. The molecule has 1 saturated carbocycles. The SMILES string of the molecule is CC(C)CC(O)CNC1CCCC1CNC(=O)OC(C)(C)C. The van der Waals surface area contributed by atoms with E-state index in [0.717, 1.165) is 19.3 Å². The van der Waals surface area contributed by atoms with Crippen molar-refractivity contribution in [2.75, 3.05) is 13.1 Å². The topological polar surface area (TPSA) is 70.6 Å². The summed E-state index contributed by atoms with van der Waals surface area (Å²) in [6.45, 7) is 11.1. The number of rotatable bonds is 7. The Kier molecular flexibility index (Phi) is 7.63. The van der Waals surface area contributed by atoms with Gasteiger partial charge in [-0.1, -0.05) is 20.3 Å². The third-order valence-electron chi connectivity index (χ3n) is 3.93. The first kappa shape index (κ1) is 19.2. The Hall–Kier alpha value is -0.810. The molecule has 1 aliphatic carbocycles. The average molecular weight is 314 g/mol. The van der Waals surface area contributed by atoms with Gasteiger partial charge in [0, 0.05) is 19.1 Å². The van der Waals surface area contributed by atoms with Crippen molar-refractivity contribution >= 4 is 6.09 Å². The summed E-state index contributed by atoms with van der Waals surface area (Å²) in [7, 11) is 0. The molecule has 0 spiro atoms. The Morgan fingerprint density at radius 1 is 1.32 bits per heavy atom. The fourth-order valence-electron chi connectivity index (χ4n) is 2.99. The Labute approximate surface area is 135 Å². The number of ether oxygens (including phenoxy) is 1. The quantitative estimate of drug-likeness (QED) is 0.676. The van der Waals surface area contributed by atoms with Crippen LogP contribution in [0.3, 0.4) is 0 Å². The molecule has 0 aromatic carbocycles. The predicted molar refractivity (Wildman–Crippen MR) is 88.8 cm³/mol. The lowest BCUT2D eigenvalue weighted by molar-refractivity contribution is 0.0516. The van der Waals surface area contributed by atoms with Crippen molar-refractivity contribution < 1.29 is 14.6 Å². The van der Waals surface area contributed by atoms with E-state index in [-0.39, 0.29) is 12.2 Å². The molecule has 3 N–H and O–H groups in total. The van der Waals surface area contributed by atoms with Gasteiger partial charge in [-0.05, 0) is 51.9 Å². The highest BCUT2D eigenvalue weighted by molar-refractivity contribution is 5.67. The van der Waals surface area contributed by atoms with E-state index in [1.165, 1.54) is 6.42 Å². The minimum atomic E-state index is -0.460. The van der Waals surface area contributed by atoms with E-state index >= 15 is 0 Å². The van der Waals surface area contributed by atoms with E-state index in [9.17, 15) is 9.90 Å². The van der Waals surface area contributed by atoms with E-state index in [1.54, 1.807) is 0 Å². The van der Waals surface area contributed by atoms with Crippen molar-refractivity contribution in [2.45, 2.75) is 78.0 Å². The molecule has 0 heterocycles. The number of aliphatic hydroxyl groups is 1. The number of aliphatic hydroxyl groups excluding tert-OH is 1. The minimum absolute atomic E-state index is 0.292. The number of carbonyl (C=O) groups is 1. The van der Waals surface area contributed by atoms with Crippen LogP contribution in [0.4, 0.5) is 4.79 Å². The summed E-state index contributed by atoms with van der Waals surface area (Å²) in [4.78, 5) is 11.7. The molecular weight excluding hydrogens is 280 g/mol. The van der Waals surface area contributed by atoms with E-state index in [1.807, 2.05) is 20.8 Å². The molecule has 0 aliphatic heterocycles. The molecule has 3 atom stereocenters. The summed E-state index contributed by atoms with van der Waals surface area (Å²) in [5.41, 5.74) is -0.460. The molecule has 0 aromatic heterocycles. The van der Waals surface area contributed by atoms with Gasteiger partial charge in [-0.3, -0.25) is 0 Å². The number of alkyl carbamates (subject to hydrolysis) is 1. The highest BCUT2D eigenvalue weighted by atomic mass is 16.6. The first-order chi connectivity index (χ1) is 10.2. The van der Waals surface area contributed by atoms with Gasteiger partial charge in [0.2, 0.25) is 0 Å². The molecule has 1 rings (SSSR count). The van der Waals surface area contributed by atoms with Gasteiger partial charge in [-0.15, -0.1) is 0 Å². The van der Waals surface area contributed by atoms with Crippen LogP contribution in [-0.2, 0) is 4.74 Å². The molecule has 0 radical (unpaired) electrons. The van der Waals surface area contributed by atoms with Gasteiger partial charge >= 0.3 is 6.09 Å². The van der Waals surface area contributed by atoms with Crippen molar-refractivity contribution in [1.82, 2.24) is 10.6 Å². The van der Waals surface area contributed by atoms with Gasteiger partial charge in [0.15, 0.2) is 0 Å². The molecule has 5 nitrogen and oxygen atoms in total. The molecule has 0 bridgehead atoms. The maximum Gasteiger partial charge on any atom is 0.407 e. The van der Waals surface area contributed by atoms with Crippen LogP contribution >= 0.6 is 0 Å². The molecule has 5 heteroatoms. The molecule has 1 aliphatic rings. The maximum atomic E-state index is 11.7. The van der Waals surface area contributed by atoms with Crippen molar-refractivity contribution in [3.63, 3.8) is 0 Å². The molecule has 3 unspecified atom stereocenters. The monoisotopic (exact) mass is 314 g/mol. The average Bonchev–Trinajstić information content (AvgIpc) is 2.78. The van der Waals surface area contributed by atoms with Gasteiger partial charge in [0.1, 0.15) is 5.60 Å². The molecule has 0 aromatic rings. The molecular formula is C17H34N2O3. The smallest absolute Gasteiger partial charge is 0.407 e. The number of nitrogens with one attached hydrogen (secondary N) is 2. The molecule has 1 amide bonds. The van der Waals surface area contributed by atoms with E-state index < -0.39 is 5.60 Å². The third-order valence-corrected chi connectivity index (χ3v) is 3.93. The summed E-state index contributed by atoms with van der Waals surface area (Å²) in [6.07, 6.45) is 3.56. The molecule has 22 heavy (non-hydrogen) atoms. The van der Waals surface area contributed by atoms with E-state index in [4.69, 9.17) is 4.74 Å². The van der Waals surface area contributed by atoms with Crippen molar-refractivity contribution in [3.05, 3.63) is 0 Å². The fraction of sp³-hybridized carbons (Fsp3) is 0.941. The van der Waals surface area contributed by atoms with Gasteiger partial charge in [0.25, 0.3) is 0 Å². The van der Waals surface area contributed by atoms with Crippen LogP contribution in [0.15, 0.2) is 0 Å². The molecule has 0 saturated heterocycles. The van der Waals surface area contributed by atoms with Crippen molar-refractivity contribution in [2.24, 2.45) is 11.8 Å². The Balaban J connectivity index is 2.29. The summed E-state index contributed by atoms with van der Waals surface area (Å²) < 4.78 is 5.26. The van der Waals surface area contributed by atoms with Gasteiger partial charge in [-0.2, -0.15) is 0 Å². The van der Waals surface area contributed by atoms with Crippen LogP contribution in [0, 0.1) is 11.8 Å². The van der Waals surface area contributed by atoms with Gasteiger partial charge < -0.3 is 20.5 Å². The second kappa shape index (κ2) is 8.73. The maximum absolute atomic E-state index is 11.7. The number of carbonyl (C=O) groups excluding carboxylic acids is 1.